The van der Waals surface area contributed by atoms with E-state index in [-0.39, 0.29) is 19.9 Å². The first kappa shape index (κ1) is 27.2. The minimum atomic E-state index is -0.116. The molecule has 45 heavy (non-hydrogen) atoms. The molecule has 2 aromatic heterocycles. The van der Waals surface area contributed by atoms with Crippen molar-refractivity contribution in [2.24, 2.45) is 9.98 Å². The number of hydrogen-bond donors (Lipinski definition) is 2. The van der Waals surface area contributed by atoms with Crippen molar-refractivity contribution in [1.82, 2.24) is 4.57 Å². The molecule has 2 aliphatic rings. The third kappa shape index (κ3) is 4.09. The molecule has 5 nitrogen and oxygen atoms in total. The monoisotopic (exact) mass is 645 g/mol. The van der Waals surface area contributed by atoms with Crippen LogP contribution in [0.2, 0.25) is 0 Å². The number of fused-ring (bicyclic) bond motifs is 7. The number of aromatic nitrogens is 1. The van der Waals surface area contributed by atoms with Crippen LogP contribution in [-0.2, 0) is 5.41 Å². The molecule has 2 heterocycles. The molecule has 0 aliphatic heterocycles. The van der Waals surface area contributed by atoms with Crippen LogP contribution in [0.15, 0.2) is 113 Å². The molecule has 2 aliphatic carbocycles. The van der Waals surface area contributed by atoms with Gasteiger partial charge in [-0.25, -0.2) is 0 Å². The van der Waals surface area contributed by atoms with E-state index in [1.165, 1.54) is 53.1 Å². The van der Waals surface area contributed by atoms with Crippen LogP contribution in [0, 0.1) is 10.8 Å². The van der Waals surface area contributed by atoms with Gasteiger partial charge in [0.2, 0.25) is 0 Å². The quantitative estimate of drug-likeness (QED) is 0.110. The maximum atomic E-state index is 7.47. The summed E-state index contributed by atoms with van der Waals surface area (Å²) in [4.78, 5) is 8.08. The molecular formula is C39H27N5Se. The first-order valence-electron chi connectivity index (χ1n) is 14.7. The van der Waals surface area contributed by atoms with Crippen molar-refractivity contribution in [3.8, 4) is 16.8 Å². The third-order valence-corrected chi connectivity index (χ3v) is 11.8. The van der Waals surface area contributed by atoms with E-state index in [9.17, 15) is 0 Å². The van der Waals surface area contributed by atoms with Gasteiger partial charge in [0.1, 0.15) is 0 Å². The Hall–Kier alpha value is -5.34. The summed E-state index contributed by atoms with van der Waals surface area (Å²) >= 11 is 0.0975. The third-order valence-electron chi connectivity index (χ3n) is 8.90. The average Bonchev–Trinajstić information content (AvgIpc) is 3.77. The van der Waals surface area contributed by atoms with E-state index in [4.69, 9.17) is 10.8 Å². The van der Waals surface area contributed by atoms with Gasteiger partial charge in [0, 0.05) is 0 Å². The number of para-hydroxylation sites is 2. The van der Waals surface area contributed by atoms with Crippen molar-refractivity contribution < 1.29 is 0 Å². The zero-order valence-electron chi connectivity index (χ0n) is 24.7. The second kappa shape index (κ2) is 10.4. The molecule has 4 aromatic carbocycles. The number of rotatable bonds is 4. The van der Waals surface area contributed by atoms with E-state index in [2.05, 4.69) is 119 Å². The van der Waals surface area contributed by atoms with Crippen LogP contribution >= 0.6 is 0 Å². The predicted octanol–water partition coefficient (Wildman–Crippen LogP) is 8.56. The normalized spacial score (nSPS) is 14.0. The minimum absolute atomic E-state index is 0.0975. The predicted molar refractivity (Wildman–Crippen MR) is 189 cm³/mol. The van der Waals surface area contributed by atoms with Gasteiger partial charge in [0.25, 0.3) is 0 Å². The topological polar surface area (TPSA) is 77.3 Å². The molecule has 0 amide bonds. The Morgan fingerprint density at radius 2 is 1.27 bits per heavy atom. The zero-order chi connectivity index (χ0) is 30.7. The standard InChI is InChI=1S/C39H27N5Se/c1-39(2)35-17-24(44-36-13-7-5-11-29(36)30-12-6-8-14-37(30)44)15-16-28(35)32-19-25(45-38(32)39)18-31-33(20-42-22-40)26-9-3-4-10-27(26)34(31)21-43-23-41/h3-19,22-23,40-41H,1-2H3. The van der Waals surface area contributed by atoms with Gasteiger partial charge in [0.05, 0.1) is 0 Å². The second-order valence-electron chi connectivity index (χ2n) is 11.7. The van der Waals surface area contributed by atoms with Gasteiger partial charge in [-0.1, -0.05) is 0 Å². The Morgan fingerprint density at radius 3 is 1.87 bits per heavy atom. The van der Waals surface area contributed by atoms with Crippen molar-refractivity contribution in [1.29, 1.82) is 10.8 Å². The summed E-state index contributed by atoms with van der Waals surface area (Å²) in [6.07, 6.45) is 4.22. The molecule has 2 N–H and O–H groups in total. The molecule has 0 atom stereocenters. The number of benzene rings is 4. The van der Waals surface area contributed by atoms with Crippen LogP contribution in [0.3, 0.4) is 0 Å². The van der Waals surface area contributed by atoms with Gasteiger partial charge < -0.3 is 0 Å². The van der Waals surface area contributed by atoms with Crippen LogP contribution in [0.5, 0.6) is 0 Å². The van der Waals surface area contributed by atoms with E-state index in [1.807, 2.05) is 24.3 Å². The van der Waals surface area contributed by atoms with E-state index in [0.717, 1.165) is 40.5 Å². The fraction of sp³-hybridized carbons (Fsp3) is 0.0769. The van der Waals surface area contributed by atoms with Gasteiger partial charge >= 0.3 is 268 Å². The van der Waals surface area contributed by atoms with Gasteiger partial charge in [-0.05, 0) is 0 Å². The molecule has 0 fully saturated rings. The fourth-order valence-corrected chi connectivity index (χ4v) is 9.53. The van der Waals surface area contributed by atoms with Gasteiger partial charge in [-0.2, -0.15) is 0 Å². The van der Waals surface area contributed by atoms with Crippen LogP contribution in [0.4, 0.5) is 0 Å². The molecule has 0 bridgehead atoms. The van der Waals surface area contributed by atoms with Crippen LogP contribution < -0.4 is 0 Å². The molecule has 6 heteroatoms. The number of allylic oxidation sites excluding steroid dienone is 3. The van der Waals surface area contributed by atoms with E-state index in [1.54, 1.807) is 0 Å². The molecule has 6 aromatic rings. The van der Waals surface area contributed by atoms with Crippen LogP contribution in [0.1, 0.15) is 39.4 Å². The molecule has 0 saturated carbocycles. The van der Waals surface area contributed by atoms with Gasteiger partial charge in [-0.3, -0.25) is 0 Å². The first-order valence-corrected chi connectivity index (χ1v) is 16.5. The Morgan fingerprint density at radius 1 is 0.689 bits per heavy atom. The summed E-state index contributed by atoms with van der Waals surface area (Å²) in [5, 5.41) is 17.5. The molecule has 214 valence electrons. The first-order chi connectivity index (χ1) is 22.0. The summed E-state index contributed by atoms with van der Waals surface area (Å²) in [5.41, 5.74) is 12.0. The Labute approximate surface area is 266 Å². The van der Waals surface area contributed by atoms with E-state index in [0.29, 0.717) is 0 Å². The van der Waals surface area contributed by atoms with Gasteiger partial charge in [-0.15, -0.1) is 0 Å². The fourth-order valence-electron chi connectivity index (χ4n) is 6.95. The number of hydrogen-bond acceptors (Lipinski definition) is 2. The van der Waals surface area contributed by atoms with Crippen molar-refractivity contribution >= 4 is 77.9 Å². The average molecular weight is 645 g/mol. The summed E-state index contributed by atoms with van der Waals surface area (Å²) in [7, 11) is 0. The molecule has 0 saturated heterocycles. The van der Waals surface area contributed by atoms with Gasteiger partial charge in [0.15, 0.2) is 0 Å². The number of aliphatic imine (C=N–C) groups is 2. The number of nitrogens with one attached hydrogen (secondary N) is 2. The summed E-state index contributed by atoms with van der Waals surface area (Å²) in [6.45, 7) is 4.70. The Kier molecular flexibility index (Phi) is 6.28. The van der Waals surface area contributed by atoms with Crippen LogP contribution in [0.25, 0.3) is 55.8 Å². The summed E-state index contributed by atoms with van der Waals surface area (Å²) < 4.78 is 5.12. The summed E-state index contributed by atoms with van der Waals surface area (Å²) in [5.74, 6) is 6.16. The maximum absolute atomic E-state index is 7.47. The van der Waals surface area contributed by atoms with Crippen molar-refractivity contribution in [2.75, 3.05) is 0 Å². The zero-order valence-corrected chi connectivity index (χ0v) is 26.4. The Bertz CT molecular complexity index is 2310. The Balaban J connectivity index is 1.28. The molecule has 8 rings (SSSR count). The molecular weight excluding hydrogens is 617 g/mol. The molecule has 0 spiro atoms. The molecule has 0 radical (unpaired) electrons. The van der Waals surface area contributed by atoms with Crippen LogP contribution in [-0.4, -0.2) is 43.5 Å². The van der Waals surface area contributed by atoms with Crippen molar-refractivity contribution in [3.63, 3.8) is 0 Å². The van der Waals surface area contributed by atoms with E-state index < -0.39 is 0 Å². The SMILES string of the molecule is CC1(C)c2cc(-n3c4ccccc4c4ccccc43)ccc2-c2cc(C=C3C(=C=NC=N)c4ccccc4C3=C=NC=N)[se]c21. The summed E-state index contributed by atoms with van der Waals surface area (Å²) in [6, 6.07) is 34.7. The van der Waals surface area contributed by atoms with Crippen molar-refractivity contribution in [2.45, 2.75) is 19.3 Å². The molecule has 0 unspecified atom stereocenters. The second-order valence-corrected chi connectivity index (χ2v) is 14.0. The number of nitrogens with zero attached hydrogens (tertiary/aromatic N) is 3. The van der Waals surface area contributed by atoms with E-state index >= 15 is 0 Å². The van der Waals surface area contributed by atoms with Crippen molar-refractivity contribution in [3.05, 3.63) is 128 Å².